The van der Waals surface area contributed by atoms with Crippen molar-refractivity contribution in [3.63, 3.8) is 0 Å². The van der Waals surface area contributed by atoms with Crippen LogP contribution in [0.15, 0.2) is 24.3 Å². The van der Waals surface area contributed by atoms with Gasteiger partial charge in [-0.15, -0.1) is 11.6 Å². The average Bonchev–Trinajstić information content (AvgIpc) is 2.38. The van der Waals surface area contributed by atoms with Gasteiger partial charge in [0.05, 0.1) is 11.6 Å². The van der Waals surface area contributed by atoms with Crippen molar-refractivity contribution < 1.29 is 9.53 Å². The van der Waals surface area contributed by atoms with Gasteiger partial charge >= 0.3 is 0 Å². The number of halogens is 2. The van der Waals surface area contributed by atoms with Gasteiger partial charge in [0, 0.05) is 11.3 Å². The van der Waals surface area contributed by atoms with Gasteiger partial charge in [0.15, 0.2) is 5.78 Å². The molecule has 0 saturated carbocycles. The molecule has 1 aromatic carbocycles. The highest BCUT2D eigenvalue weighted by atomic mass is 79.9. The first-order chi connectivity index (χ1) is 8.40. The number of hydrogen-bond donors (Lipinski definition) is 0. The van der Waals surface area contributed by atoms with Crippen LogP contribution in [0.5, 0.6) is 5.75 Å². The molecule has 96 valence electrons. The van der Waals surface area contributed by atoms with Crippen LogP contribution in [0.3, 0.4) is 0 Å². The van der Waals surface area contributed by atoms with Crippen LogP contribution in [-0.2, 0) is 4.79 Å². The molecule has 0 aliphatic heterocycles. The number of nitriles is 1. The zero-order valence-electron chi connectivity index (χ0n) is 10.1. The Hall–Kier alpha value is -1.05. The molecule has 1 atom stereocenters. The first-order valence-corrected chi connectivity index (χ1v) is 6.77. The van der Waals surface area contributed by atoms with E-state index in [1.165, 1.54) is 0 Å². The Labute approximate surface area is 120 Å². The maximum atomic E-state index is 12.0. The molecule has 0 bridgehead atoms. The molecular formula is C13H13BrClNO2. The summed E-state index contributed by atoms with van der Waals surface area (Å²) in [6.07, 6.45) is 0. The van der Waals surface area contributed by atoms with E-state index < -0.39 is 10.4 Å². The Balaban J connectivity index is 2.73. The Kier molecular flexibility index (Phi) is 5.18. The van der Waals surface area contributed by atoms with Crippen molar-refractivity contribution in [3.8, 4) is 11.8 Å². The van der Waals surface area contributed by atoms with E-state index in [1.807, 2.05) is 6.07 Å². The SMILES string of the molecule is CC(C)(CCl)C(=O)C(Br)Oc1ccc(C#N)cc1. The second-order valence-electron chi connectivity index (χ2n) is 4.45. The standard InChI is InChI=1S/C13H13BrClNO2/c1-13(2,8-15)11(17)12(14)18-10-5-3-9(7-16)4-6-10/h3-6,12H,8H2,1-2H3. The highest BCUT2D eigenvalue weighted by Gasteiger charge is 2.33. The van der Waals surface area contributed by atoms with Crippen LogP contribution in [0.2, 0.25) is 0 Å². The smallest absolute Gasteiger partial charge is 0.211 e. The summed E-state index contributed by atoms with van der Waals surface area (Å²) in [5.74, 6) is 0.626. The lowest BCUT2D eigenvalue weighted by Crippen LogP contribution is -2.35. The first kappa shape index (κ1) is 15.0. The number of hydrogen-bond acceptors (Lipinski definition) is 3. The molecule has 0 spiro atoms. The number of nitrogens with zero attached hydrogens (tertiary/aromatic N) is 1. The lowest BCUT2D eigenvalue weighted by atomic mass is 9.91. The number of alkyl halides is 2. The van der Waals surface area contributed by atoms with E-state index >= 15 is 0 Å². The fourth-order valence-electron chi connectivity index (χ4n) is 1.15. The van der Waals surface area contributed by atoms with Crippen LogP contribution in [-0.4, -0.2) is 16.7 Å². The van der Waals surface area contributed by atoms with E-state index in [0.29, 0.717) is 11.3 Å². The molecule has 0 aliphatic carbocycles. The second kappa shape index (κ2) is 6.21. The molecule has 3 nitrogen and oxygen atoms in total. The molecule has 18 heavy (non-hydrogen) atoms. The zero-order chi connectivity index (χ0) is 13.8. The number of Topliss-reactive ketones (excluding diaryl/α,β-unsaturated/α-hetero) is 1. The summed E-state index contributed by atoms with van der Waals surface area (Å²) in [7, 11) is 0. The fourth-order valence-corrected chi connectivity index (χ4v) is 2.12. The Bertz CT molecular complexity index is 465. The third-order valence-electron chi connectivity index (χ3n) is 2.43. The van der Waals surface area contributed by atoms with Crippen molar-refractivity contribution in [2.45, 2.75) is 18.9 Å². The number of ketones is 1. The number of carbonyl (C=O) groups is 1. The number of benzene rings is 1. The van der Waals surface area contributed by atoms with E-state index in [-0.39, 0.29) is 11.7 Å². The maximum absolute atomic E-state index is 12.0. The van der Waals surface area contributed by atoms with Crippen molar-refractivity contribution in [2.75, 3.05) is 5.88 Å². The van der Waals surface area contributed by atoms with Crippen molar-refractivity contribution >= 4 is 33.3 Å². The van der Waals surface area contributed by atoms with Gasteiger partial charge in [-0.05, 0) is 40.2 Å². The van der Waals surface area contributed by atoms with Crippen molar-refractivity contribution in [3.05, 3.63) is 29.8 Å². The molecule has 0 amide bonds. The van der Waals surface area contributed by atoms with Gasteiger partial charge in [-0.2, -0.15) is 5.26 Å². The fraction of sp³-hybridized carbons (Fsp3) is 0.385. The van der Waals surface area contributed by atoms with Gasteiger partial charge in [-0.25, -0.2) is 0 Å². The lowest BCUT2D eigenvalue weighted by molar-refractivity contribution is -0.129. The summed E-state index contributed by atoms with van der Waals surface area (Å²) < 4.78 is 5.46. The first-order valence-electron chi connectivity index (χ1n) is 5.32. The highest BCUT2D eigenvalue weighted by molar-refractivity contribution is 9.09. The summed E-state index contributed by atoms with van der Waals surface area (Å²) in [5, 5.41) is 7.92. The van der Waals surface area contributed by atoms with Crippen LogP contribution in [0.4, 0.5) is 0 Å². The number of rotatable bonds is 5. The van der Waals surface area contributed by atoms with E-state index in [1.54, 1.807) is 38.1 Å². The molecule has 0 heterocycles. The molecule has 1 aromatic rings. The van der Waals surface area contributed by atoms with Gasteiger partial charge in [-0.3, -0.25) is 4.79 Å². The third kappa shape index (κ3) is 3.72. The summed E-state index contributed by atoms with van der Waals surface area (Å²) in [6, 6.07) is 8.57. The van der Waals surface area contributed by atoms with Crippen LogP contribution < -0.4 is 4.74 Å². The normalized spacial score (nSPS) is 12.6. The molecule has 0 saturated heterocycles. The molecule has 0 fully saturated rings. The minimum absolute atomic E-state index is 0.123. The predicted molar refractivity (Wildman–Crippen MR) is 74.0 cm³/mol. The monoisotopic (exact) mass is 329 g/mol. The molecular weight excluding hydrogens is 318 g/mol. The maximum Gasteiger partial charge on any atom is 0.211 e. The lowest BCUT2D eigenvalue weighted by Gasteiger charge is -2.23. The topological polar surface area (TPSA) is 50.1 Å². The van der Waals surface area contributed by atoms with Gasteiger partial charge < -0.3 is 4.74 Å². The zero-order valence-corrected chi connectivity index (χ0v) is 12.5. The number of ether oxygens (including phenoxy) is 1. The van der Waals surface area contributed by atoms with E-state index in [2.05, 4.69) is 15.9 Å². The molecule has 0 aliphatic rings. The van der Waals surface area contributed by atoms with Crippen LogP contribution >= 0.6 is 27.5 Å². The van der Waals surface area contributed by atoms with E-state index in [9.17, 15) is 4.79 Å². The van der Waals surface area contributed by atoms with E-state index in [0.717, 1.165) is 0 Å². The van der Waals surface area contributed by atoms with Crippen molar-refractivity contribution in [2.24, 2.45) is 5.41 Å². The highest BCUT2D eigenvalue weighted by Crippen LogP contribution is 2.25. The van der Waals surface area contributed by atoms with Gasteiger partial charge in [0.25, 0.3) is 0 Å². The average molecular weight is 331 g/mol. The van der Waals surface area contributed by atoms with Crippen molar-refractivity contribution in [1.29, 1.82) is 5.26 Å². The third-order valence-corrected chi connectivity index (χ3v) is 3.70. The Morgan fingerprint density at radius 3 is 2.50 bits per heavy atom. The van der Waals surface area contributed by atoms with Gasteiger partial charge in [0.2, 0.25) is 5.01 Å². The van der Waals surface area contributed by atoms with Crippen LogP contribution in [0, 0.1) is 16.7 Å². The molecule has 0 aromatic heterocycles. The van der Waals surface area contributed by atoms with Gasteiger partial charge in [0.1, 0.15) is 5.75 Å². The molecule has 5 heteroatoms. The summed E-state index contributed by atoms with van der Waals surface area (Å²) in [4.78, 5) is 12.0. The largest absolute Gasteiger partial charge is 0.471 e. The van der Waals surface area contributed by atoms with Gasteiger partial charge in [-0.1, -0.05) is 13.8 Å². The molecule has 1 unspecified atom stereocenters. The van der Waals surface area contributed by atoms with Crippen LogP contribution in [0.1, 0.15) is 19.4 Å². The van der Waals surface area contributed by atoms with E-state index in [4.69, 9.17) is 21.6 Å². The predicted octanol–water partition coefficient (Wildman–Crippen LogP) is 3.49. The quantitative estimate of drug-likeness (QED) is 0.777. The molecule has 1 rings (SSSR count). The number of carbonyl (C=O) groups excluding carboxylic acids is 1. The Morgan fingerprint density at radius 2 is 2.06 bits per heavy atom. The molecule has 0 N–H and O–H groups in total. The minimum Gasteiger partial charge on any atom is -0.471 e. The van der Waals surface area contributed by atoms with Crippen molar-refractivity contribution in [1.82, 2.24) is 0 Å². The Morgan fingerprint density at radius 1 is 1.50 bits per heavy atom. The van der Waals surface area contributed by atoms with Crippen LogP contribution in [0.25, 0.3) is 0 Å². The second-order valence-corrected chi connectivity index (χ2v) is 5.55. The summed E-state index contributed by atoms with van der Waals surface area (Å²) in [5.41, 5.74) is -0.108. The molecule has 0 radical (unpaired) electrons. The summed E-state index contributed by atoms with van der Waals surface area (Å²) >= 11 is 8.94. The summed E-state index contributed by atoms with van der Waals surface area (Å²) in [6.45, 7) is 3.53. The minimum atomic E-state index is -0.751.